The Balaban J connectivity index is 1.42. The maximum absolute atomic E-state index is 12.6. The monoisotopic (exact) mass is 320 g/mol. The molecule has 5 aliphatic rings. The lowest BCUT2D eigenvalue weighted by Crippen LogP contribution is -2.62. The zero-order valence-corrected chi connectivity index (χ0v) is 14.2. The highest BCUT2D eigenvalue weighted by atomic mass is 16.5. The maximum atomic E-state index is 12.6. The second-order valence-electron chi connectivity index (χ2n) is 8.62. The van der Waals surface area contributed by atoms with Crippen LogP contribution in [0.25, 0.3) is 0 Å². The number of ether oxygens (including phenoxy) is 1. The van der Waals surface area contributed by atoms with Gasteiger partial charge in [0.15, 0.2) is 0 Å². The number of morpholine rings is 1. The Hall–Kier alpha value is -1.10. The molecule has 5 nitrogen and oxygen atoms in total. The van der Waals surface area contributed by atoms with E-state index in [1.807, 2.05) is 13.8 Å². The first-order chi connectivity index (χ1) is 10.9. The third-order valence-electron chi connectivity index (χ3n) is 6.32. The first kappa shape index (κ1) is 15.4. The molecular formula is C18H28N2O3. The van der Waals surface area contributed by atoms with Crippen molar-refractivity contribution in [3.8, 4) is 0 Å². The highest BCUT2D eigenvalue weighted by Crippen LogP contribution is 2.55. The van der Waals surface area contributed by atoms with Gasteiger partial charge in [0.2, 0.25) is 0 Å². The predicted octanol–water partition coefficient (Wildman–Crippen LogP) is 1.71. The molecule has 5 heteroatoms. The van der Waals surface area contributed by atoms with Crippen LogP contribution >= 0.6 is 0 Å². The minimum absolute atomic E-state index is 0.00458. The molecule has 1 saturated heterocycles. The van der Waals surface area contributed by atoms with Crippen LogP contribution in [0, 0.1) is 17.8 Å². The molecule has 2 amide bonds. The summed E-state index contributed by atoms with van der Waals surface area (Å²) in [6.07, 6.45) is 7.23. The van der Waals surface area contributed by atoms with Gasteiger partial charge in [-0.2, -0.15) is 0 Å². The second kappa shape index (κ2) is 5.47. The van der Waals surface area contributed by atoms with Crippen LogP contribution < -0.4 is 5.32 Å². The lowest BCUT2D eigenvalue weighted by atomic mass is 9.53. The van der Waals surface area contributed by atoms with Crippen LogP contribution in [0.2, 0.25) is 0 Å². The highest BCUT2D eigenvalue weighted by molar-refractivity contribution is 6.35. The van der Waals surface area contributed by atoms with Crippen molar-refractivity contribution in [2.75, 3.05) is 13.1 Å². The molecule has 2 unspecified atom stereocenters. The standard InChI is InChI=1S/C18H28N2O3/c1-11-9-20(10-12(2)23-11)17(22)16(21)19-18-6-13-3-14(7-18)5-15(4-13)8-18/h11-15H,3-10H2,1-2H3,(H,19,21). The van der Waals surface area contributed by atoms with E-state index in [9.17, 15) is 9.59 Å². The maximum Gasteiger partial charge on any atom is 0.312 e. The number of hydrogen-bond donors (Lipinski definition) is 1. The van der Waals surface area contributed by atoms with Gasteiger partial charge in [0.1, 0.15) is 0 Å². The molecule has 1 heterocycles. The van der Waals surface area contributed by atoms with Crippen LogP contribution in [-0.4, -0.2) is 47.6 Å². The van der Waals surface area contributed by atoms with E-state index in [0.29, 0.717) is 13.1 Å². The number of nitrogens with zero attached hydrogens (tertiary/aromatic N) is 1. The van der Waals surface area contributed by atoms with Gasteiger partial charge in [-0.05, 0) is 70.1 Å². The van der Waals surface area contributed by atoms with Crippen LogP contribution in [0.1, 0.15) is 52.4 Å². The molecule has 0 aromatic heterocycles. The third kappa shape index (κ3) is 2.88. The van der Waals surface area contributed by atoms with Crippen molar-refractivity contribution in [3.05, 3.63) is 0 Å². The Morgan fingerprint density at radius 1 is 0.957 bits per heavy atom. The van der Waals surface area contributed by atoms with E-state index in [0.717, 1.165) is 37.0 Å². The molecular weight excluding hydrogens is 292 g/mol. The first-order valence-corrected chi connectivity index (χ1v) is 9.19. The summed E-state index contributed by atoms with van der Waals surface area (Å²) in [5.41, 5.74) is -0.0922. The molecule has 4 bridgehead atoms. The summed E-state index contributed by atoms with van der Waals surface area (Å²) < 4.78 is 5.65. The van der Waals surface area contributed by atoms with Gasteiger partial charge in [0.05, 0.1) is 12.2 Å². The first-order valence-electron chi connectivity index (χ1n) is 9.19. The normalized spacial score (nSPS) is 45.1. The largest absolute Gasteiger partial charge is 0.372 e. The molecule has 0 spiro atoms. The number of rotatable bonds is 1. The Kier molecular flexibility index (Phi) is 3.67. The summed E-state index contributed by atoms with van der Waals surface area (Å²) in [4.78, 5) is 26.8. The van der Waals surface area contributed by atoms with E-state index in [1.165, 1.54) is 19.3 Å². The predicted molar refractivity (Wildman–Crippen MR) is 85.6 cm³/mol. The molecule has 1 N–H and O–H groups in total. The summed E-state index contributed by atoms with van der Waals surface area (Å²) in [5.74, 6) is 1.52. The summed E-state index contributed by atoms with van der Waals surface area (Å²) in [5, 5.41) is 3.18. The van der Waals surface area contributed by atoms with E-state index in [4.69, 9.17) is 4.74 Å². The zero-order chi connectivity index (χ0) is 16.2. The van der Waals surface area contributed by atoms with E-state index in [-0.39, 0.29) is 23.7 Å². The molecule has 5 rings (SSSR count). The Morgan fingerprint density at radius 2 is 1.43 bits per heavy atom. The van der Waals surface area contributed by atoms with Crippen molar-refractivity contribution in [1.82, 2.24) is 10.2 Å². The summed E-state index contributed by atoms with van der Waals surface area (Å²) >= 11 is 0. The van der Waals surface area contributed by atoms with Crippen LogP contribution in [0.15, 0.2) is 0 Å². The van der Waals surface area contributed by atoms with Crippen molar-refractivity contribution in [1.29, 1.82) is 0 Å². The van der Waals surface area contributed by atoms with Gasteiger partial charge in [-0.15, -0.1) is 0 Å². The lowest BCUT2D eigenvalue weighted by molar-refractivity contribution is -0.155. The van der Waals surface area contributed by atoms with Crippen molar-refractivity contribution in [2.45, 2.75) is 70.1 Å². The van der Waals surface area contributed by atoms with Crippen molar-refractivity contribution in [3.63, 3.8) is 0 Å². The van der Waals surface area contributed by atoms with Crippen molar-refractivity contribution in [2.24, 2.45) is 17.8 Å². The molecule has 2 atom stereocenters. The molecule has 4 saturated carbocycles. The second-order valence-corrected chi connectivity index (χ2v) is 8.62. The van der Waals surface area contributed by atoms with Gasteiger partial charge in [-0.3, -0.25) is 9.59 Å². The Bertz CT molecular complexity index is 473. The van der Waals surface area contributed by atoms with Crippen molar-refractivity contribution >= 4 is 11.8 Å². The van der Waals surface area contributed by atoms with Gasteiger partial charge >= 0.3 is 11.8 Å². The van der Waals surface area contributed by atoms with E-state index in [1.54, 1.807) is 4.90 Å². The number of hydrogen-bond acceptors (Lipinski definition) is 3. The van der Waals surface area contributed by atoms with E-state index < -0.39 is 5.91 Å². The summed E-state index contributed by atoms with van der Waals surface area (Å²) in [7, 11) is 0. The van der Waals surface area contributed by atoms with Gasteiger partial charge in [0, 0.05) is 18.6 Å². The minimum Gasteiger partial charge on any atom is -0.372 e. The third-order valence-corrected chi connectivity index (χ3v) is 6.32. The molecule has 23 heavy (non-hydrogen) atoms. The molecule has 1 aliphatic heterocycles. The Morgan fingerprint density at radius 3 is 1.91 bits per heavy atom. The van der Waals surface area contributed by atoms with Crippen LogP contribution in [0.4, 0.5) is 0 Å². The van der Waals surface area contributed by atoms with E-state index in [2.05, 4.69) is 5.32 Å². The van der Waals surface area contributed by atoms with Crippen LogP contribution in [-0.2, 0) is 14.3 Å². The summed E-state index contributed by atoms with van der Waals surface area (Å²) in [6, 6.07) is 0. The average Bonchev–Trinajstić information content (AvgIpc) is 2.43. The highest BCUT2D eigenvalue weighted by Gasteiger charge is 2.52. The van der Waals surface area contributed by atoms with Gasteiger partial charge in [0.25, 0.3) is 0 Å². The topological polar surface area (TPSA) is 58.6 Å². The molecule has 0 aromatic carbocycles. The molecule has 4 aliphatic carbocycles. The molecule has 128 valence electrons. The zero-order valence-electron chi connectivity index (χ0n) is 14.2. The number of carbonyl (C=O) groups is 2. The molecule has 5 fully saturated rings. The number of carbonyl (C=O) groups excluding carboxylic acids is 2. The van der Waals surface area contributed by atoms with Crippen LogP contribution in [0.3, 0.4) is 0 Å². The lowest BCUT2D eigenvalue weighted by Gasteiger charge is -2.56. The molecule has 0 aromatic rings. The van der Waals surface area contributed by atoms with E-state index >= 15 is 0 Å². The summed E-state index contributed by atoms with van der Waals surface area (Å²) in [6.45, 7) is 4.93. The Labute approximate surface area is 138 Å². The average molecular weight is 320 g/mol. The smallest absolute Gasteiger partial charge is 0.312 e. The fourth-order valence-electron chi connectivity index (χ4n) is 6.05. The quantitative estimate of drug-likeness (QED) is 0.748. The number of nitrogens with one attached hydrogen (secondary N) is 1. The van der Waals surface area contributed by atoms with Gasteiger partial charge in [-0.1, -0.05) is 0 Å². The minimum atomic E-state index is -0.395. The van der Waals surface area contributed by atoms with Crippen LogP contribution in [0.5, 0.6) is 0 Å². The fourth-order valence-corrected chi connectivity index (χ4v) is 6.05. The SMILES string of the molecule is CC1CN(C(=O)C(=O)NC23CC4CC(CC(C4)C2)C3)CC(C)O1. The van der Waals surface area contributed by atoms with Gasteiger partial charge in [-0.25, -0.2) is 0 Å². The molecule has 0 radical (unpaired) electrons. The number of amides is 2. The van der Waals surface area contributed by atoms with Crippen molar-refractivity contribution < 1.29 is 14.3 Å². The fraction of sp³-hybridized carbons (Fsp3) is 0.889. The van der Waals surface area contributed by atoms with Gasteiger partial charge < -0.3 is 15.0 Å².